The van der Waals surface area contributed by atoms with Crippen LogP contribution in [0.3, 0.4) is 0 Å². The molecule has 1 aromatic heterocycles. The first-order valence-corrected chi connectivity index (χ1v) is 10.7. The van der Waals surface area contributed by atoms with Crippen LogP contribution in [0.25, 0.3) is 11.3 Å². The van der Waals surface area contributed by atoms with Crippen molar-refractivity contribution in [2.75, 3.05) is 20.2 Å². The third-order valence-electron chi connectivity index (χ3n) is 5.38. The van der Waals surface area contributed by atoms with E-state index in [9.17, 15) is 9.59 Å². The van der Waals surface area contributed by atoms with E-state index < -0.39 is 5.91 Å². The first kappa shape index (κ1) is 20.1. The summed E-state index contributed by atoms with van der Waals surface area (Å²) in [6.07, 6.45) is 1.93. The summed E-state index contributed by atoms with van der Waals surface area (Å²) in [6, 6.07) is 14.4. The number of hydrogen-bond donors (Lipinski definition) is 1. The van der Waals surface area contributed by atoms with E-state index >= 15 is 0 Å². The lowest BCUT2D eigenvalue weighted by Gasteiger charge is -2.32. The van der Waals surface area contributed by atoms with Crippen LogP contribution < -0.4 is 10.5 Å². The molecule has 4 rings (SSSR count). The fraction of sp³-hybridized carbons (Fsp3) is 0.261. The molecule has 0 bridgehead atoms. The Hall–Kier alpha value is -3.19. The van der Waals surface area contributed by atoms with Crippen molar-refractivity contribution in [3.05, 3.63) is 70.0 Å². The summed E-state index contributed by atoms with van der Waals surface area (Å²) < 4.78 is 5.46. The number of primary amides is 1. The van der Waals surface area contributed by atoms with Crippen LogP contribution in [0.1, 0.15) is 44.5 Å². The molecule has 1 aliphatic rings. The van der Waals surface area contributed by atoms with Crippen molar-refractivity contribution in [3.63, 3.8) is 0 Å². The molecule has 0 radical (unpaired) electrons. The lowest BCUT2D eigenvalue weighted by atomic mass is 9.97. The summed E-state index contributed by atoms with van der Waals surface area (Å²) >= 11 is 1.63. The van der Waals surface area contributed by atoms with E-state index in [1.54, 1.807) is 42.7 Å². The number of nitrogens with zero attached hydrogens (tertiary/aromatic N) is 2. The van der Waals surface area contributed by atoms with Crippen molar-refractivity contribution in [3.8, 4) is 17.0 Å². The molecule has 1 unspecified atom stereocenters. The van der Waals surface area contributed by atoms with E-state index in [-0.39, 0.29) is 11.8 Å². The number of nitrogens with two attached hydrogens (primary N) is 1. The van der Waals surface area contributed by atoms with E-state index in [1.165, 1.54) is 0 Å². The number of methoxy groups -OCH3 is 1. The minimum Gasteiger partial charge on any atom is -0.496 e. The monoisotopic (exact) mass is 421 g/mol. The molecule has 2 heterocycles. The Morgan fingerprint density at radius 3 is 2.60 bits per heavy atom. The molecular weight excluding hydrogens is 398 g/mol. The molecule has 7 heteroatoms. The molecule has 1 saturated heterocycles. The van der Waals surface area contributed by atoms with Gasteiger partial charge in [0.05, 0.1) is 17.8 Å². The van der Waals surface area contributed by atoms with Crippen LogP contribution in [0.2, 0.25) is 0 Å². The topological polar surface area (TPSA) is 85.5 Å². The van der Waals surface area contributed by atoms with Crippen molar-refractivity contribution in [1.82, 2.24) is 9.88 Å². The van der Waals surface area contributed by atoms with Gasteiger partial charge in [-0.05, 0) is 49.2 Å². The predicted octanol–water partition coefficient (Wildman–Crippen LogP) is 3.94. The van der Waals surface area contributed by atoms with Crippen molar-refractivity contribution in [1.29, 1.82) is 0 Å². The van der Waals surface area contributed by atoms with Crippen molar-refractivity contribution >= 4 is 23.2 Å². The Kier molecular flexibility index (Phi) is 5.81. The van der Waals surface area contributed by atoms with Crippen LogP contribution in [0.15, 0.2) is 53.9 Å². The maximum Gasteiger partial charge on any atom is 0.253 e. The van der Waals surface area contributed by atoms with Crippen LogP contribution in [-0.2, 0) is 0 Å². The second-order valence-corrected chi connectivity index (χ2v) is 8.19. The van der Waals surface area contributed by atoms with Crippen LogP contribution in [0, 0.1) is 0 Å². The molecule has 1 atom stereocenters. The molecule has 0 aliphatic carbocycles. The highest BCUT2D eigenvalue weighted by Gasteiger charge is 2.27. The lowest BCUT2D eigenvalue weighted by Crippen LogP contribution is -2.39. The molecule has 30 heavy (non-hydrogen) atoms. The number of hydrogen-bond acceptors (Lipinski definition) is 5. The van der Waals surface area contributed by atoms with Crippen LogP contribution in [0.4, 0.5) is 0 Å². The molecule has 3 aromatic rings. The van der Waals surface area contributed by atoms with Crippen molar-refractivity contribution in [2.24, 2.45) is 5.73 Å². The summed E-state index contributed by atoms with van der Waals surface area (Å²) in [5.74, 6) is 0.481. The minimum atomic E-state index is -0.498. The highest BCUT2D eigenvalue weighted by Crippen LogP contribution is 2.35. The smallest absolute Gasteiger partial charge is 0.253 e. The first-order valence-electron chi connectivity index (χ1n) is 9.84. The summed E-state index contributed by atoms with van der Waals surface area (Å²) in [5, 5.41) is 3.09. The number of carbonyl (C=O) groups is 2. The molecule has 2 amide bonds. The van der Waals surface area contributed by atoms with Gasteiger partial charge >= 0.3 is 0 Å². The molecule has 1 fully saturated rings. The highest BCUT2D eigenvalue weighted by molar-refractivity contribution is 7.10. The number of aromatic nitrogens is 1. The second-order valence-electron chi connectivity index (χ2n) is 7.30. The Balaban J connectivity index is 1.50. The van der Waals surface area contributed by atoms with Gasteiger partial charge in [-0.25, -0.2) is 4.98 Å². The zero-order valence-electron chi connectivity index (χ0n) is 16.7. The number of carbonyl (C=O) groups excluding carboxylic acids is 2. The molecule has 2 aromatic carbocycles. The quantitative estimate of drug-likeness (QED) is 0.676. The summed E-state index contributed by atoms with van der Waals surface area (Å²) in [6.45, 7) is 1.35. The average Bonchev–Trinajstić information content (AvgIpc) is 3.29. The van der Waals surface area contributed by atoms with E-state index in [2.05, 4.69) is 5.38 Å². The van der Waals surface area contributed by atoms with Gasteiger partial charge in [-0.2, -0.15) is 0 Å². The fourth-order valence-corrected chi connectivity index (χ4v) is 4.73. The van der Waals surface area contributed by atoms with Gasteiger partial charge in [-0.15, -0.1) is 11.3 Å². The average molecular weight is 422 g/mol. The number of para-hydroxylation sites is 1. The van der Waals surface area contributed by atoms with Gasteiger partial charge in [0.25, 0.3) is 5.91 Å². The number of piperidine rings is 1. The van der Waals surface area contributed by atoms with Gasteiger partial charge < -0.3 is 15.4 Å². The largest absolute Gasteiger partial charge is 0.496 e. The normalized spacial score (nSPS) is 16.3. The summed E-state index contributed by atoms with van der Waals surface area (Å²) in [7, 11) is 1.66. The van der Waals surface area contributed by atoms with Gasteiger partial charge in [0.1, 0.15) is 5.75 Å². The maximum absolute atomic E-state index is 12.9. The standard InChI is InChI=1S/C23H23N3O3S/c1-29-20-7-3-2-6-18(20)19-14-30-22(25-19)17-5-4-12-26(13-17)23(28)16-10-8-15(9-11-16)21(24)27/h2-3,6-11,14,17H,4-5,12-13H2,1H3,(H2,24,27). The fourth-order valence-electron chi connectivity index (χ4n) is 3.78. The zero-order chi connectivity index (χ0) is 21.1. The third-order valence-corrected chi connectivity index (χ3v) is 6.39. The van der Waals surface area contributed by atoms with Crippen LogP contribution in [0.5, 0.6) is 5.75 Å². The second kappa shape index (κ2) is 8.67. The number of thiazole rings is 1. The van der Waals surface area contributed by atoms with E-state index in [4.69, 9.17) is 15.5 Å². The Morgan fingerprint density at radius 2 is 1.87 bits per heavy atom. The van der Waals surface area contributed by atoms with Crippen molar-refractivity contribution < 1.29 is 14.3 Å². The SMILES string of the molecule is COc1ccccc1-c1csc(C2CCCN(C(=O)c3ccc(C(N)=O)cc3)C2)n1. The zero-order valence-corrected chi connectivity index (χ0v) is 17.5. The predicted molar refractivity (Wildman–Crippen MR) is 117 cm³/mol. The summed E-state index contributed by atoms with van der Waals surface area (Å²) in [4.78, 5) is 30.9. The van der Waals surface area contributed by atoms with Crippen LogP contribution in [-0.4, -0.2) is 41.9 Å². The number of likely N-dealkylation sites (tertiary alicyclic amines) is 1. The molecule has 2 N–H and O–H groups in total. The Bertz CT molecular complexity index is 1060. The van der Waals surface area contributed by atoms with E-state index in [0.29, 0.717) is 17.7 Å². The summed E-state index contributed by atoms with van der Waals surface area (Å²) in [5.41, 5.74) is 8.12. The highest BCUT2D eigenvalue weighted by atomic mass is 32.1. The van der Waals surface area contributed by atoms with Gasteiger partial charge in [-0.3, -0.25) is 9.59 Å². The van der Waals surface area contributed by atoms with Crippen LogP contribution >= 0.6 is 11.3 Å². The number of benzene rings is 2. The molecule has 154 valence electrons. The molecule has 1 aliphatic heterocycles. The lowest BCUT2D eigenvalue weighted by molar-refractivity contribution is 0.0706. The minimum absolute atomic E-state index is 0.0303. The molecular formula is C23H23N3O3S. The van der Waals surface area contributed by atoms with Gasteiger partial charge in [0, 0.05) is 41.1 Å². The Labute approximate surface area is 179 Å². The number of ether oxygens (including phenoxy) is 1. The van der Waals surface area contributed by atoms with Gasteiger partial charge in [-0.1, -0.05) is 12.1 Å². The molecule has 0 saturated carbocycles. The van der Waals surface area contributed by atoms with Gasteiger partial charge in [0.15, 0.2) is 0 Å². The first-order chi connectivity index (χ1) is 14.6. The van der Waals surface area contributed by atoms with E-state index in [1.807, 2.05) is 29.2 Å². The van der Waals surface area contributed by atoms with E-state index in [0.717, 1.165) is 41.4 Å². The maximum atomic E-state index is 12.9. The van der Waals surface area contributed by atoms with Crippen molar-refractivity contribution in [2.45, 2.75) is 18.8 Å². The number of rotatable bonds is 5. The Morgan fingerprint density at radius 1 is 1.13 bits per heavy atom. The number of amides is 2. The third kappa shape index (κ3) is 4.07. The molecule has 6 nitrogen and oxygen atoms in total. The van der Waals surface area contributed by atoms with Gasteiger partial charge in [0.2, 0.25) is 5.91 Å². The molecule has 0 spiro atoms.